The van der Waals surface area contributed by atoms with Crippen LogP contribution in [0.4, 0.5) is 0 Å². The van der Waals surface area contributed by atoms with Gasteiger partial charge >= 0.3 is 5.97 Å². The minimum absolute atomic E-state index is 0.126. The van der Waals surface area contributed by atoms with E-state index in [2.05, 4.69) is 5.32 Å². The molecule has 0 spiro atoms. The van der Waals surface area contributed by atoms with Gasteiger partial charge in [0.25, 0.3) is 0 Å². The van der Waals surface area contributed by atoms with E-state index in [0.29, 0.717) is 24.4 Å². The van der Waals surface area contributed by atoms with Crippen LogP contribution in [0.1, 0.15) is 48.1 Å². The molecule has 1 amide bonds. The lowest BCUT2D eigenvalue weighted by atomic mass is 10.0. The molecule has 1 atom stereocenters. The van der Waals surface area contributed by atoms with Gasteiger partial charge in [0.2, 0.25) is 15.9 Å². The Labute approximate surface area is 199 Å². The number of carbonyl (C=O) groups is 3. The Bertz CT molecular complexity index is 1120. The maximum absolute atomic E-state index is 12.6. The molecule has 9 nitrogen and oxygen atoms in total. The summed E-state index contributed by atoms with van der Waals surface area (Å²) in [6.45, 7) is 1.84. The van der Waals surface area contributed by atoms with E-state index in [4.69, 9.17) is 9.47 Å². The van der Waals surface area contributed by atoms with Crippen LogP contribution >= 0.6 is 0 Å². The highest BCUT2D eigenvalue weighted by atomic mass is 32.2. The molecule has 1 saturated heterocycles. The summed E-state index contributed by atoms with van der Waals surface area (Å²) in [6, 6.07) is 11.9. The van der Waals surface area contributed by atoms with Crippen molar-refractivity contribution in [1.29, 1.82) is 0 Å². The van der Waals surface area contributed by atoms with Crippen LogP contribution in [-0.2, 0) is 24.3 Å². The Hall–Kier alpha value is -3.24. The highest BCUT2D eigenvalue weighted by molar-refractivity contribution is 7.89. The fourth-order valence-electron chi connectivity index (χ4n) is 3.68. The van der Waals surface area contributed by atoms with Crippen molar-refractivity contribution in [2.45, 2.75) is 37.1 Å². The largest absolute Gasteiger partial charge is 0.497 e. The second kappa shape index (κ2) is 11.3. The van der Waals surface area contributed by atoms with Gasteiger partial charge in [0.1, 0.15) is 5.75 Å². The average molecular weight is 489 g/mol. The molecular formula is C24H28N2O7S. The molecule has 1 aliphatic heterocycles. The number of hydrogen-bond acceptors (Lipinski definition) is 7. The average Bonchev–Trinajstić information content (AvgIpc) is 3.38. The summed E-state index contributed by atoms with van der Waals surface area (Å²) in [5.74, 6) is -0.790. The third-order valence-electron chi connectivity index (χ3n) is 5.51. The molecule has 2 aromatic carbocycles. The zero-order valence-electron chi connectivity index (χ0n) is 19.2. The number of carbonyl (C=O) groups excluding carboxylic acids is 3. The summed E-state index contributed by atoms with van der Waals surface area (Å²) in [7, 11) is -2.03. The van der Waals surface area contributed by atoms with E-state index in [1.165, 1.54) is 42.6 Å². The van der Waals surface area contributed by atoms with Gasteiger partial charge in [-0.25, -0.2) is 8.42 Å². The molecule has 1 fully saturated rings. The maximum Gasteiger partial charge on any atom is 0.308 e. The van der Waals surface area contributed by atoms with Gasteiger partial charge in [0.05, 0.1) is 24.5 Å². The van der Waals surface area contributed by atoms with Crippen LogP contribution in [0.15, 0.2) is 53.4 Å². The standard InChI is InChI=1S/C24H28N2O7S/c1-17(27)25-22(18-5-9-20(32-2)10-6-18)15-24(29)33-16-23(28)19-7-11-21(12-8-19)34(30,31)26-13-3-4-14-26/h5-12,22H,3-4,13-16H2,1-2H3,(H,25,27). The van der Waals surface area contributed by atoms with Crippen LogP contribution in [0.3, 0.4) is 0 Å². The predicted molar refractivity (Wildman–Crippen MR) is 124 cm³/mol. The zero-order chi connectivity index (χ0) is 24.7. The van der Waals surface area contributed by atoms with Crippen LogP contribution in [0, 0.1) is 0 Å². The van der Waals surface area contributed by atoms with Crippen LogP contribution in [0.2, 0.25) is 0 Å². The highest BCUT2D eigenvalue weighted by Gasteiger charge is 2.27. The number of nitrogens with zero attached hydrogens (tertiary/aromatic N) is 1. The first kappa shape index (κ1) is 25.4. The Kier molecular flexibility index (Phi) is 8.41. The van der Waals surface area contributed by atoms with E-state index < -0.39 is 34.4 Å². The van der Waals surface area contributed by atoms with E-state index >= 15 is 0 Å². The van der Waals surface area contributed by atoms with E-state index in [-0.39, 0.29) is 22.8 Å². The number of esters is 1. The minimum Gasteiger partial charge on any atom is -0.497 e. The number of nitrogens with one attached hydrogen (secondary N) is 1. The van der Waals surface area contributed by atoms with Gasteiger partial charge in [0, 0.05) is 25.6 Å². The number of sulfonamides is 1. The molecule has 0 aliphatic carbocycles. The van der Waals surface area contributed by atoms with Crippen molar-refractivity contribution in [3.05, 3.63) is 59.7 Å². The van der Waals surface area contributed by atoms with Gasteiger partial charge in [-0.3, -0.25) is 14.4 Å². The molecule has 1 heterocycles. The summed E-state index contributed by atoms with van der Waals surface area (Å²) in [5, 5.41) is 2.70. The molecule has 1 unspecified atom stereocenters. The molecule has 0 aromatic heterocycles. The fourth-order valence-corrected chi connectivity index (χ4v) is 5.20. The van der Waals surface area contributed by atoms with Gasteiger partial charge in [-0.05, 0) is 54.8 Å². The number of amides is 1. The fraction of sp³-hybridized carbons (Fsp3) is 0.375. The Morgan fingerprint density at radius 3 is 2.18 bits per heavy atom. The lowest BCUT2D eigenvalue weighted by Crippen LogP contribution is -2.29. The van der Waals surface area contributed by atoms with Crippen LogP contribution in [0.25, 0.3) is 0 Å². The molecule has 2 aromatic rings. The van der Waals surface area contributed by atoms with Crippen molar-refractivity contribution >= 4 is 27.7 Å². The third-order valence-corrected chi connectivity index (χ3v) is 7.42. The van der Waals surface area contributed by atoms with Crippen molar-refractivity contribution < 1.29 is 32.3 Å². The van der Waals surface area contributed by atoms with Crippen molar-refractivity contribution in [2.75, 3.05) is 26.8 Å². The molecule has 1 N–H and O–H groups in total. The minimum atomic E-state index is -3.57. The Morgan fingerprint density at radius 1 is 1.00 bits per heavy atom. The molecule has 34 heavy (non-hydrogen) atoms. The molecule has 10 heteroatoms. The Morgan fingerprint density at radius 2 is 1.62 bits per heavy atom. The summed E-state index contributed by atoms with van der Waals surface area (Å²) < 4.78 is 36.9. The molecule has 0 saturated carbocycles. The topological polar surface area (TPSA) is 119 Å². The lowest BCUT2D eigenvalue weighted by molar-refractivity contribution is -0.143. The van der Waals surface area contributed by atoms with E-state index in [1.807, 2.05) is 0 Å². The summed E-state index contributed by atoms with van der Waals surface area (Å²) in [4.78, 5) is 36.5. The number of Topliss-reactive ketones (excluding diaryl/α,β-unsaturated/α-hetero) is 1. The second-order valence-electron chi connectivity index (χ2n) is 7.95. The van der Waals surface area contributed by atoms with E-state index in [0.717, 1.165) is 12.8 Å². The number of methoxy groups -OCH3 is 1. The number of benzene rings is 2. The summed E-state index contributed by atoms with van der Waals surface area (Å²) in [5.41, 5.74) is 0.927. The maximum atomic E-state index is 12.6. The third kappa shape index (κ3) is 6.42. The molecule has 1 aliphatic rings. The molecule has 182 valence electrons. The highest BCUT2D eigenvalue weighted by Crippen LogP contribution is 2.22. The van der Waals surface area contributed by atoms with Gasteiger partial charge in [-0.2, -0.15) is 4.31 Å². The number of ketones is 1. The van der Waals surface area contributed by atoms with Gasteiger partial charge in [-0.1, -0.05) is 12.1 Å². The van der Waals surface area contributed by atoms with Crippen molar-refractivity contribution in [3.63, 3.8) is 0 Å². The summed E-state index contributed by atoms with van der Waals surface area (Å²) >= 11 is 0. The number of ether oxygens (including phenoxy) is 2. The van der Waals surface area contributed by atoms with Crippen LogP contribution in [-0.4, -0.2) is 57.2 Å². The van der Waals surface area contributed by atoms with Gasteiger partial charge in [0.15, 0.2) is 12.4 Å². The molecule has 0 bridgehead atoms. The number of rotatable bonds is 10. The van der Waals surface area contributed by atoms with Crippen molar-refractivity contribution in [2.24, 2.45) is 0 Å². The quantitative estimate of drug-likeness (QED) is 0.403. The van der Waals surface area contributed by atoms with Gasteiger partial charge in [-0.15, -0.1) is 0 Å². The first-order chi connectivity index (χ1) is 16.2. The number of hydrogen-bond donors (Lipinski definition) is 1. The monoisotopic (exact) mass is 488 g/mol. The first-order valence-electron chi connectivity index (χ1n) is 10.9. The van der Waals surface area contributed by atoms with Crippen LogP contribution < -0.4 is 10.1 Å². The van der Waals surface area contributed by atoms with Gasteiger partial charge < -0.3 is 14.8 Å². The van der Waals surface area contributed by atoms with E-state index in [9.17, 15) is 22.8 Å². The van der Waals surface area contributed by atoms with E-state index in [1.54, 1.807) is 24.3 Å². The lowest BCUT2D eigenvalue weighted by Gasteiger charge is -2.18. The van der Waals surface area contributed by atoms with Crippen LogP contribution in [0.5, 0.6) is 5.75 Å². The summed E-state index contributed by atoms with van der Waals surface area (Å²) in [6.07, 6.45) is 1.51. The second-order valence-corrected chi connectivity index (χ2v) is 9.89. The van der Waals surface area contributed by atoms with Crippen molar-refractivity contribution in [3.8, 4) is 5.75 Å². The smallest absolute Gasteiger partial charge is 0.308 e. The first-order valence-corrected chi connectivity index (χ1v) is 12.3. The SMILES string of the molecule is COc1ccc(C(CC(=O)OCC(=O)c2ccc(S(=O)(=O)N3CCCC3)cc2)NC(C)=O)cc1. The molecular weight excluding hydrogens is 460 g/mol. The van der Waals surface area contributed by atoms with Crippen molar-refractivity contribution in [1.82, 2.24) is 9.62 Å². The molecule has 3 rings (SSSR count). The normalized spacial score (nSPS) is 14.9. The zero-order valence-corrected chi connectivity index (χ0v) is 20.0. The molecule has 0 radical (unpaired) electrons. The Balaban J connectivity index is 1.58. The predicted octanol–water partition coefficient (Wildman–Crippen LogP) is 2.47.